The maximum Gasteiger partial charge on any atom is 0.230 e. The molecule has 9 heteroatoms. The second-order valence-corrected chi connectivity index (χ2v) is 8.10. The van der Waals surface area contributed by atoms with Crippen LogP contribution in [0.4, 0.5) is 4.39 Å². The summed E-state index contributed by atoms with van der Waals surface area (Å²) in [6.07, 6.45) is 0. The number of carbonyl (C=O) groups is 1. The first-order chi connectivity index (χ1) is 15.5. The molecule has 1 unspecified atom stereocenters. The molecule has 1 amide bonds. The molecule has 1 aromatic heterocycles. The molecule has 3 N–H and O–H groups in total. The number of carbonyl (C=O) groups excluding carboxylic acids is 1. The summed E-state index contributed by atoms with van der Waals surface area (Å²) in [4.78, 5) is 12.5. The Morgan fingerprint density at radius 2 is 1.88 bits per heavy atom. The summed E-state index contributed by atoms with van der Waals surface area (Å²) in [6, 6.07) is 19.6. The van der Waals surface area contributed by atoms with E-state index in [4.69, 9.17) is 10.6 Å². The van der Waals surface area contributed by atoms with Gasteiger partial charge in [0.1, 0.15) is 18.2 Å². The number of nitrogens with zero attached hydrogens (tertiary/aromatic N) is 3. The van der Waals surface area contributed by atoms with Crippen LogP contribution in [0, 0.1) is 5.82 Å². The van der Waals surface area contributed by atoms with E-state index in [9.17, 15) is 9.18 Å². The van der Waals surface area contributed by atoms with E-state index in [1.807, 2.05) is 31.2 Å². The predicted molar refractivity (Wildman–Crippen MR) is 122 cm³/mol. The molecule has 0 aliphatic heterocycles. The highest BCUT2D eigenvalue weighted by Crippen LogP contribution is 2.24. The van der Waals surface area contributed by atoms with Gasteiger partial charge in [-0.2, -0.15) is 0 Å². The number of ether oxygens (including phenoxy) is 1. The van der Waals surface area contributed by atoms with Gasteiger partial charge >= 0.3 is 0 Å². The minimum absolute atomic E-state index is 0.0694. The minimum atomic E-state index is -0.342. The molecule has 1 atom stereocenters. The van der Waals surface area contributed by atoms with Crippen molar-refractivity contribution in [1.29, 1.82) is 0 Å². The molecule has 0 radical (unpaired) electrons. The van der Waals surface area contributed by atoms with Gasteiger partial charge in [-0.1, -0.05) is 54.2 Å². The van der Waals surface area contributed by atoms with Crippen molar-refractivity contribution in [3.05, 3.63) is 83.9 Å². The third kappa shape index (κ3) is 5.00. The number of fused-ring (bicyclic) bond motifs is 1. The first-order valence-corrected chi connectivity index (χ1v) is 11.0. The maximum atomic E-state index is 13.0. The van der Waals surface area contributed by atoms with Gasteiger partial charge in [0.2, 0.25) is 11.1 Å². The fourth-order valence-corrected chi connectivity index (χ4v) is 3.99. The molecule has 32 heavy (non-hydrogen) atoms. The molecule has 0 saturated carbocycles. The molecule has 7 nitrogen and oxygen atoms in total. The van der Waals surface area contributed by atoms with Crippen molar-refractivity contribution < 1.29 is 13.9 Å². The van der Waals surface area contributed by atoms with Gasteiger partial charge in [-0.3, -0.25) is 4.79 Å². The third-order valence-electron chi connectivity index (χ3n) is 4.92. The zero-order chi connectivity index (χ0) is 22.5. The molecule has 1 heterocycles. The largest absolute Gasteiger partial charge is 0.486 e. The topological polar surface area (TPSA) is 95.1 Å². The lowest BCUT2D eigenvalue weighted by atomic mass is 10.00. The standard InChI is InChI=1S/C23H22FN5O2S/c1-15(19-8-4-6-16-5-2-3-7-20(16)19)26-22(30)14-32-23-28-27-21(29(23)25)13-31-18-11-9-17(24)10-12-18/h2-12,15H,13-14,25H2,1H3,(H,26,30). The van der Waals surface area contributed by atoms with Crippen LogP contribution in [0.15, 0.2) is 71.9 Å². The Balaban J connectivity index is 1.32. The van der Waals surface area contributed by atoms with Crippen LogP contribution >= 0.6 is 11.8 Å². The number of hydrogen-bond donors (Lipinski definition) is 2. The lowest BCUT2D eigenvalue weighted by Gasteiger charge is -2.16. The average molecular weight is 452 g/mol. The van der Waals surface area contributed by atoms with Crippen LogP contribution in [0.5, 0.6) is 5.75 Å². The van der Waals surface area contributed by atoms with Crippen LogP contribution in [0.25, 0.3) is 10.8 Å². The molecule has 4 aromatic rings. The second kappa shape index (κ2) is 9.69. The Kier molecular flexibility index (Phi) is 6.55. The van der Waals surface area contributed by atoms with Gasteiger partial charge in [0.05, 0.1) is 11.8 Å². The van der Waals surface area contributed by atoms with Crippen molar-refractivity contribution >= 4 is 28.4 Å². The van der Waals surface area contributed by atoms with Crippen LogP contribution in [0.3, 0.4) is 0 Å². The molecule has 4 rings (SSSR count). The summed E-state index contributed by atoms with van der Waals surface area (Å²) in [5.74, 6) is 6.58. The van der Waals surface area contributed by atoms with Crippen LogP contribution in [0.2, 0.25) is 0 Å². The summed E-state index contributed by atoms with van der Waals surface area (Å²) in [6.45, 7) is 2.03. The van der Waals surface area contributed by atoms with E-state index >= 15 is 0 Å². The first kappa shape index (κ1) is 21.6. The van der Waals surface area contributed by atoms with Crippen LogP contribution in [0.1, 0.15) is 24.4 Å². The second-order valence-electron chi connectivity index (χ2n) is 7.16. The summed E-state index contributed by atoms with van der Waals surface area (Å²) >= 11 is 1.19. The smallest absolute Gasteiger partial charge is 0.230 e. The van der Waals surface area contributed by atoms with Crippen molar-refractivity contribution in [1.82, 2.24) is 20.2 Å². The summed E-state index contributed by atoms with van der Waals surface area (Å²) in [5.41, 5.74) is 1.06. The Morgan fingerprint density at radius 3 is 2.69 bits per heavy atom. The van der Waals surface area contributed by atoms with E-state index in [1.165, 1.54) is 40.7 Å². The fraction of sp³-hybridized carbons (Fsp3) is 0.174. The average Bonchev–Trinajstić information content (AvgIpc) is 3.16. The van der Waals surface area contributed by atoms with Gasteiger partial charge in [0.15, 0.2) is 5.82 Å². The number of nitrogens with one attached hydrogen (secondary N) is 1. The van der Waals surface area contributed by atoms with Gasteiger partial charge < -0.3 is 15.9 Å². The maximum absolute atomic E-state index is 13.0. The molecule has 0 aliphatic rings. The number of benzene rings is 3. The van der Waals surface area contributed by atoms with Gasteiger partial charge in [-0.05, 0) is 47.5 Å². The number of thioether (sulfide) groups is 1. The lowest BCUT2D eigenvalue weighted by molar-refractivity contribution is -0.119. The highest BCUT2D eigenvalue weighted by atomic mass is 32.2. The van der Waals surface area contributed by atoms with Crippen LogP contribution in [-0.4, -0.2) is 26.5 Å². The van der Waals surface area contributed by atoms with Crippen LogP contribution in [-0.2, 0) is 11.4 Å². The van der Waals surface area contributed by atoms with E-state index in [-0.39, 0.29) is 30.1 Å². The molecule has 0 spiro atoms. The van der Waals surface area contributed by atoms with Gasteiger partial charge in [0, 0.05) is 0 Å². The monoisotopic (exact) mass is 451 g/mol. The van der Waals surface area contributed by atoms with Gasteiger partial charge in [0.25, 0.3) is 0 Å². The van der Waals surface area contributed by atoms with E-state index in [0.29, 0.717) is 16.7 Å². The Labute approximate surface area is 188 Å². The predicted octanol–water partition coefficient (Wildman–Crippen LogP) is 3.83. The van der Waals surface area contributed by atoms with Crippen molar-refractivity contribution in [3.63, 3.8) is 0 Å². The number of aromatic nitrogens is 3. The third-order valence-corrected chi connectivity index (χ3v) is 5.86. The molecular formula is C23H22FN5O2S. The zero-order valence-corrected chi connectivity index (χ0v) is 18.2. The Morgan fingerprint density at radius 1 is 1.12 bits per heavy atom. The number of nitrogen functional groups attached to an aromatic ring is 1. The highest BCUT2D eigenvalue weighted by molar-refractivity contribution is 7.99. The molecule has 3 aromatic carbocycles. The highest BCUT2D eigenvalue weighted by Gasteiger charge is 2.16. The molecule has 0 saturated heterocycles. The quantitative estimate of drug-likeness (QED) is 0.312. The van der Waals surface area contributed by atoms with E-state index < -0.39 is 0 Å². The van der Waals surface area contributed by atoms with Crippen LogP contribution < -0.4 is 15.9 Å². The fourth-order valence-electron chi connectivity index (χ4n) is 3.30. The summed E-state index contributed by atoms with van der Waals surface area (Å²) < 4.78 is 19.8. The van der Waals surface area contributed by atoms with Crippen molar-refractivity contribution in [3.8, 4) is 5.75 Å². The first-order valence-electron chi connectivity index (χ1n) is 9.99. The molecule has 0 fully saturated rings. The lowest BCUT2D eigenvalue weighted by Crippen LogP contribution is -2.28. The molecular weight excluding hydrogens is 429 g/mol. The number of rotatable bonds is 8. The van der Waals surface area contributed by atoms with E-state index in [0.717, 1.165) is 16.3 Å². The molecule has 164 valence electrons. The van der Waals surface area contributed by atoms with Gasteiger partial charge in [-0.25, -0.2) is 9.07 Å². The van der Waals surface area contributed by atoms with Crippen molar-refractivity contribution in [2.24, 2.45) is 0 Å². The van der Waals surface area contributed by atoms with E-state index in [2.05, 4.69) is 33.7 Å². The number of hydrogen-bond acceptors (Lipinski definition) is 6. The van der Waals surface area contributed by atoms with Crippen molar-refractivity contribution in [2.75, 3.05) is 11.6 Å². The SMILES string of the molecule is CC(NC(=O)CSc1nnc(COc2ccc(F)cc2)n1N)c1cccc2ccccc12. The number of halogens is 1. The van der Waals surface area contributed by atoms with Crippen molar-refractivity contribution in [2.45, 2.75) is 24.7 Å². The summed E-state index contributed by atoms with van der Waals surface area (Å²) in [5, 5.41) is 13.7. The number of amides is 1. The van der Waals surface area contributed by atoms with Gasteiger partial charge in [-0.15, -0.1) is 10.2 Å². The Hall–Kier alpha value is -3.59. The normalized spacial score (nSPS) is 11.9. The molecule has 0 bridgehead atoms. The molecule has 0 aliphatic carbocycles. The minimum Gasteiger partial charge on any atom is -0.486 e. The number of nitrogens with two attached hydrogens (primary N) is 1. The van der Waals surface area contributed by atoms with E-state index in [1.54, 1.807) is 0 Å². The Bertz CT molecular complexity index is 1220. The zero-order valence-electron chi connectivity index (χ0n) is 17.4. The summed E-state index contributed by atoms with van der Waals surface area (Å²) in [7, 11) is 0.